The largest absolute Gasteiger partial charge is 0.497 e. The van der Waals surface area contributed by atoms with Gasteiger partial charge in [0.15, 0.2) is 0 Å². The molecular weight excluding hydrogens is 244 g/mol. The molecule has 1 aliphatic heterocycles. The Morgan fingerprint density at radius 1 is 1.32 bits per heavy atom. The number of rotatable bonds is 5. The van der Waals surface area contributed by atoms with Crippen LogP contribution in [0.25, 0.3) is 0 Å². The summed E-state index contributed by atoms with van der Waals surface area (Å²) >= 11 is 0. The molecule has 0 saturated carbocycles. The van der Waals surface area contributed by atoms with Gasteiger partial charge in [-0.25, -0.2) is 0 Å². The van der Waals surface area contributed by atoms with Crippen molar-refractivity contribution in [2.45, 2.75) is 6.42 Å². The van der Waals surface area contributed by atoms with E-state index in [1.54, 1.807) is 19.1 Å². The minimum Gasteiger partial charge on any atom is -0.497 e. The van der Waals surface area contributed by atoms with E-state index < -0.39 is 5.41 Å². The van der Waals surface area contributed by atoms with Gasteiger partial charge in [0.1, 0.15) is 5.75 Å². The molecule has 0 aromatic heterocycles. The minimum atomic E-state index is -0.575. The van der Waals surface area contributed by atoms with Crippen LogP contribution in [0.5, 0.6) is 5.75 Å². The Labute approximate surface area is 113 Å². The molecule has 0 aliphatic carbocycles. The molecule has 5 nitrogen and oxygen atoms in total. The monoisotopic (exact) mass is 264 g/mol. The zero-order valence-electron chi connectivity index (χ0n) is 11.4. The molecule has 5 heteroatoms. The summed E-state index contributed by atoms with van der Waals surface area (Å²) in [6.45, 7) is 1.35. The van der Waals surface area contributed by atoms with Gasteiger partial charge in [-0.15, -0.1) is 0 Å². The Balaban J connectivity index is 2.20. The van der Waals surface area contributed by atoms with Crippen molar-refractivity contribution in [1.82, 2.24) is 0 Å². The summed E-state index contributed by atoms with van der Waals surface area (Å²) in [6.07, 6.45) is 0.724. The number of methoxy groups -OCH3 is 2. The summed E-state index contributed by atoms with van der Waals surface area (Å²) in [5.41, 5.74) is 6.08. The lowest BCUT2D eigenvalue weighted by Gasteiger charge is -2.25. The predicted octanol–water partition coefficient (Wildman–Crippen LogP) is 1.02. The summed E-state index contributed by atoms with van der Waals surface area (Å²) in [7, 11) is 3.22. The van der Waals surface area contributed by atoms with Crippen molar-refractivity contribution in [3.63, 3.8) is 0 Å². The average Bonchev–Trinajstić information content (AvgIpc) is 2.77. The van der Waals surface area contributed by atoms with Crippen LogP contribution in [-0.2, 0) is 9.53 Å². The number of hydrogen-bond donors (Lipinski definition) is 1. The number of ether oxygens (including phenoxy) is 2. The highest BCUT2D eigenvalue weighted by Crippen LogP contribution is 2.35. The molecule has 1 aromatic carbocycles. The first kappa shape index (κ1) is 13.8. The maximum Gasteiger partial charge on any atom is 0.236 e. The van der Waals surface area contributed by atoms with Gasteiger partial charge in [0.25, 0.3) is 0 Å². The van der Waals surface area contributed by atoms with Crippen molar-refractivity contribution >= 4 is 11.6 Å². The van der Waals surface area contributed by atoms with Crippen LogP contribution >= 0.6 is 0 Å². The van der Waals surface area contributed by atoms with Crippen LogP contribution < -0.4 is 15.4 Å². The molecule has 2 N–H and O–H groups in total. The summed E-state index contributed by atoms with van der Waals surface area (Å²) in [5, 5.41) is 0. The number of amides is 1. The molecule has 1 atom stereocenters. The molecule has 0 bridgehead atoms. The van der Waals surface area contributed by atoms with Crippen molar-refractivity contribution in [3.8, 4) is 5.75 Å². The van der Waals surface area contributed by atoms with Gasteiger partial charge in [0.05, 0.1) is 19.1 Å². The highest BCUT2D eigenvalue weighted by molar-refractivity contribution is 6.00. The van der Waals surface area contributed by atoms with Crippen molar-refractivity contribution in [1.29, 1.82) is 0 Å². The van der Waals surface area contributed by atoms with Gasteiger partial charge in [-0.05, 0) is 30.7 Å². The molecule has 1 heterocycles. The molecule has 1 unspecified atom stereocenters. The first-order chi connectivity index (χ1) is 9.16. The van der Waals surface area contributed by atoms with Gasteiger partial charge < -0.3 is 20.1 Å². The molecule has 1 saturated heterocycles. The second-order valence-electron chi connectivity index (χ2n) is 4.82. The lowest BCUT2D eigenvalue weighted by Crippen LogP contribution is -2.43. The predicted molar refractivity (Wildman–Crippen MR) is 73.3 cm³/mol. The Morgan fingerprint density at radius 2 is 2.00 bits per heavy atom. The fraction of sp³-hybridized carbons (Fsp3) is 0.500. The first-order valence-corrected chi connectivity index (χ1v) is 6.32. The lowest BCUT2D eigenvalue weighted by atomic mass is 9.87. The number of anilines is 1. The van der Waals surface area contributed by atoms with E-state index in [4.69, 9.17) is 15.2 Å². The van der Waals surface area contributed by atoms with E-state index >= 15 is 0 Å². The third kappa shape index (κ3) is 2.43. The summed E-state index contributed by atoms with van der Waals surface area (Å²) in [5.74, 6) is 0.819. The second-order valence-corrected chi connectivity index (χ2v) is 4.82. The Hall–Kier alpha value is -1.59. The van der Waals surface area contributed by atoms with Gasteiger partial charge in [-0.1, -0.05) is 0 Å². The van der Waals surface area contributed by atoms with Crippen LogP contribution in [0.1, 0.15) is 6.42 Å². The fourth-order valence-electron chi connectivity index (χ4n) is 2.49. The van der Waals surface area contributed by atoms with Gasteiger partial charge >= 0.3 is 0 Å². The molecule has 19 heavy (non-hydrogen) atoms. The fourth-order valence-corrected chi connectivity index (χ4v) is 2.49. The third-order valence-corrected chi connectivity index (χ3v) is 3.71. The standard InChI is InChI=1S/C14H20N2O3/c1-18-10-14(9-15)7-8-16(13(14)17)11-3-5-12(19-2)6-4-11/h3-6H,7-10,15H2,1-2H3. The maximum absolute atomic E-state index is 12.5. The molecule has 1 aromatic rings. The molecule has 104 valence electrons. The van der Waals surface area contributed by atoms with E-state index in [1.807, 2.05) is 24.3 Å². The Kier molecular flexibility index (Phi) is 4.07. The quantitative estimate of drug-likeness (QED) is 0.862. The van der Waals surface area contributed by atoms with E-state index in [1.165, 1.54) is 0 Å². The van der Waals surface area contributed by atoms with Crippen LogP contribution in [-0.4, -0.2) is 39.8 Å². The first-order valence-electron chi connectivity index (χ1n) is 6.32. The van der Waals surface area contributed by atoms with Crippen LogP contribution in [0.4, 0.5) is 5.69 Å². The highest BCUT2D eigenvalue weighted by atomic mass is 16.5. The molecular formula is C14H20N2O3. The Morgan fingerprint density at radius 3 is 2.53 bits per heavy atom. The number of nitrogens with two attached hydrogens (primary N) is 1. The normalized spacial score (nSPS) is 22.9. The molecule has 1 aliphatic rings. The van der Waals surface area contributed by atoms with Crippen molar-refractivity contribution in [2.75, 3.05) is 38.8 Å². The van der Waals surface area contributed by atoms with Gasteiger partial charge in [-0.2, -0.15) is 0 Å². The number of nitrogens with zero attached hydrogens (tertiary/aromatic N) is 1. The number of hydrogen-bond acceptors (Lipinski definition) is 4. The topological polar surface area (TPSA) is 64.8 Å². The zero-order chi connectivity index (χ0) is 13.9. The smallest absolute Gasteiger partial charge is 0.236 e. The highest BCUT2D eigenvalue weighted by Gasteiger charge is 2.46. The molecule has 0 spiro atoms. The summed E-state index contributed by atoms with van der Waals surface area (Å²) in [6, 6.07) is 7.47. The second kappa shape index (κ2) is 5.59. The van der Waals surface area contributed by atoms with Crippen LogP contribution in [0.15, 0.2) is 24.3 Å². The molecule has 0 radical (unpaired) electrons. The SMILES string of the molecule is COCC1(CN)CCN(c2ccc(OC)cc2)C1=O. The molecule has 1 fully saturated rings. The van der Waals surface area contributed by atoms with Gasteiger partial charge in [0.2, 0.25) is 5.91 Å². The number of carbonyl (C=O) groups excluding carboxylic acids is 1. The molecule has 1 amide bonds. The minimum absolute atomic E-state index is 0.0435. The van der Waals surface area contributed by atoms with Crippen molar-refractivity contribution in [2.24, 2.45) is 11.1 Å². The summed E-state index contributed by atoms with van der Waals surface area (Å²) < 4.78 is 10.3. The van der Waals surface area contributed by atoms with E-state index in [9.17, 15) is 4.79 Å². The maximum atomic E-state index is 12.5. The van der Waals surface area contributed by atoms with E-state index in [-0.39, 0.29) is 5.91 Å². The van der Waals surface area contributed by atoms with E-state index in [0.717, 1.165) is 17.9 Å². The van der Waals surface area contributed by atoms with Crippen LogP contribution in [0, 0.1) is 5.41 Å². The van der Waals surface area contributed by atoms with Crippen molar-refractivity contribution in [3.05, 3.63) is 24.3 Å². The number of benzene rings is 1. The average molecular weight is 264 g/mol. The van der Waals surface area contributed by atoms with E-state index in [2.05, 4.69) is 0 Å². The van der Waals surface area contributed by atoms with Crippen molar-refractivity contribution < 1.29 is 14.3 Å². The van der Waals surface area contributed by atoms with Gasteiger partial charge in [-0.3, -0.25) is 4.79 Å². The molecule has 2 rings (SSSR count). The number of carbonyl (C=O) groups is 1. The summed E-state index contributed by atoms with van der Waals surface area (Å²) in [4.78, 5) is 14.3. The van der Waals surface area contributed by atoms with Gasteiger partial charge in [0, 0.05) is 25.9 Å². The third-order valence-electron chi connectivity index (χ3n) is 3.71. The van der Waals surface area contributed by atoms with Crippen LogP contribution in [0.3, 0.4) is 0 Å². The zero-order valence-corrected chi connectivity index (χ0v) is 11.4. The van der Waals surface area contributed by atoms with Crippen LogP contribution in [0.2, 0.25) is 0 Å². The lowest BCUT2D eigenvalue weighted by molar-refractivity contribution is -0.127. The Bertz CT molecular complexity index is 447. The van der Waals surface area contributed by atoms with E-state index in [0.29, 0.717) is 19.7 Å².